The van der Waals surface area contributed by atoms with Gasteiger partial charge in [-0.2, -0.15) is 13.2 Å². The summed E-state index contributed by atoms with van der Waals surface area (Å²) in [5.41, 5.74) is -0.389. The Balaban J connectivity index is 1.63. The first-order valence-electron chi connectivity index (χ1n) is 11.3. The molecule has 2 heterocycles. The van der Waals surface area contributed by atoms with E-state index in [1.165, 1.54) is 6.07 Å². The van der Waals surface area contributed by atoms with Crippen molar-refractivity contribution in [1.82, 2.24) is 9.03 Å². The van der Waals surface area contributed by atoms with E-state index in [2.05, 4.69) is 4.72 Å². The standard InChI is InChI=1S/C22H25F5N2O4S3/c23-16-3-4-19(24)18(14-16)21(36(32,33)29-11-7-15(8-12-29)22(25,26)27)9-5-17(6-10-21)28-35(30,31)20-2-1-13-34-20/h1-4,13-15,17,28H,5-12H2/t17-,21+. The summed E-state index contributed by atoms with van der Waals surface area (Å²) >= 11 is 1.02. The third-order valence-electron chi connectivity index (χ3n) is 7.04. The second kappa shape index (κ2) is 9.93. The number of thiophene rings is 1. The Morgan fingerprint density at radius 2 is 1.61 bits per heavy atom. The lowest BCUT2D eigenvalue weighted by molar-refractivity contribution is -0.182. The summed E-state index contributed by atoms with van der Waals surface area (Å²) in [5, 5.41) is 1.60. The molecule has 1 N–H and O–H groups in total. The van der Waals surface area contributed by atoms with Crippen molar-refractivity contribution in [3.63, 3.8) is 0 Å². The average Bonchev–Trinajstić information content (AvgIpc) is 3.37. The van der Waals surface area contributed by atoms with Crippen LogP contribution in [-0.2, 0) is 24.8 Å². The third kappa shape index (κ3) is 5.19. The molecule has 0 unspecified atom stereocenters. The molecule has 0 amide bonds. The number of halogens is 5. The lowest BCUT2D eigenvalue weighted by atomic mass is 9.81. The molecule has 1 aliphatic carbocycles. The molecule has 0 spiro atoms. The molecular weight excluding hydrogens is 547 g/mol. The zero-order chi connectivity index (χ0) is 26.4. The molecular formula is C22H25F5N2O4S3. The molecule has 0 bridgehead atoms. The van der Waals surface area contributed by atoms with Gasteiger partial charge in [-0.25, -0.2) is 34.6 Å². The molecule has 0 atom stereocenters. The number of alkyl halides is 3. The molecule has 1 aromatic carbocycles. The SMILES string of the molecule is O=S(=O)(N[C@H]1CC[C@@](c2cc(F)ccc2F)(S(=O)(=O)N2CCC(C(F)(F)F)CC2)CC1)c1cccs1. The minimum atomic E-state index is -4.44. The predicted molar refractivity (Wildman–Crippen MR) is 124 cm³/mol. The van der Waals surface area contributed by atoms with E-state index in [9.17, 15) is 38.8 Å². The van der Waals surface area contributed by atoms with Gasteiger partial charge < -0.3 is 0 Å². The summed E-state index contributed by atoms with van der Waals surface area (Å²) in [4.78, 5) is 0. The van der Waals surface area contributed by atoms with Crippen LogP contribution >= 0.6 is 11.3 Å². The normalized spacial score (nSPS) is 25.2. The van der Waals surface area contributed by atoms with E-state index < -0.39 is 67.4 Å². The minimum absolute atomic E-state index is 0.0127. The van der Waals surface area contributed by atoms with Crippen molar-refractivity contribution in [2.24, 2.45) is 5.92 Å². The van der Waals surface area contributed by atoms with E-state index in [4.69, 9.17) is 0 Å². The topological polar surface area (TPSA) is 83.5 Å². The largest absolute Gasteiger partial charge is 0.391 e. The summed E-state index contributed by atoms with van der Waals surface area (Å²) in [6.07, 6.45) is -5.72. The van der Waals surface area contributed by atoms with E-state index in [0.717, 1.165) is 33.8 Å². The Kier molecular flexibility index (Phi) is 7.57. The molecule has 1 saturated heterocycles. The molecule has 2 fully saturated rings. The van der Waals surface area contributed by atoms with Gasteiger partial charge in [0.2, 0.25) is 20.0 Å². The molecule has 2 aromatic rings. The van der Waals surface area contributed by atoms with Crippen LogP contribution in [0.5, 0.6) is 0 Å². The highest BCUT2D eigenvalue weighted by Crippen LogP contribution is 2.48. The Labute approximate surface area is 210 Å². The summed E-state index contributed by atoms with van der Waals surface area (Å²) in [6, 6.07) is 4.85. The second-order valence-corrected chi connectivity index (χ2v) is 14.3. The van der Waals surface area contributed by atoms with Gasteiger partial charge in [-0.15, -0.1) is 11.3 Å². The van der Waals surface area contributed by atoms with Crippen LogP contribution in [0.3, 0.4) is 0 Å². The number of nitrogens with zero attached hydrogens (tertiary/aromatic N) is 1. The Bertz CT molecular complexity index is 1280. The van der Waals surface area contributed by atoms with Crippen molar-refractivity contribution in [3.8, 4) is 0 Å². The number of benzene rings is 1. The predicted octanol–water partition coefficient (Wildman–Crippen LogP) is 4.75. The number of hydrogen-bond donors (Lipinski definition) is 1. The molecule has 36 heavy (non-hydrogen) atoms. The van der Waals surface area contributed by atoms with E-state index in [1.807, 2.05) is 0 Å². The van der Waals surface area contributed by atoms with Crippen LogP contribution < -0.4 is 4.72 Å². The number of rotatable bonds is 6. The van der Waals surface area contributed by atoms with Crippen LogP contribution in [0.4, 0.5) is 22.0 Å². The monoisotopic (exact) mass is 572 g/mol. The molecule has 4 rings (SSSR count). The zero-order valence-corrected chi connectivity index (χ0v) is 21.4. The molecule has 0 radical (unpaired) electrons. The fourth-order valence-corrected chi connectivity index (χ4v) is 9.77. The summed E-state index contributed by atoms with van der Waals surface area (Å²) in [5.74, 6) is -3.42. The van der Waals surface area contributed by atoms with Gasteiger partial charge in [-0.05, 0) is 68.2 Å². The van der Waals surface area contributed by atoms with Crippen molar-refractivity contribution in [3.05, 3.63) is 52.9 Å². The number of sulfonamides is 2. The molecule has 1 aromatic heterocycles. The molecule has 6 nitrogen and oxygen atoms in total. The van der Waals surface area contributed by atoms with Crippen molar-refractivity contribution < 1.29 is 38.8 Å². The fourth-order valence-electron chi connectivity index (χ4n) is 5.08. The average molecular weight is 573 g/mol. The van der Waals surface area contributed by atoms with Crippen molar-refractivity contribution in [2.45, 2.75) is 59.7 Å². The lowest BCUT2D eigenvalue weighted by Crippen LogP contribution is -2.53. The van der Waals surface area contributed by atoms with E-state index in [0.29, 0.717) is 0 Å². The van der Waals surface area contributed by atoms with Gasteiger partial charge in [0.15, 0.2) is 0 Å². The van der Waals surface area contributed by atoms with Gasteiger partial charge in [-0.1, -0.05) is 6.07 Å². The molecule has 2 aliphatic rings. The minimum Gasteiger partial charge on any atom is -0.211 e. The van der Waals surface area contributed by atoms with Gasteiger partial charge in [0.05, 0.1) is 5.92 Å². The van der Waals surface area contributed by atoms with Crippen LogP contribution in [0.1, 0.15) is 44.1 Å². The maximum atomic E-state index is 15.0. The summed E-state index contributed by atoms with van der Waals surface area (Å²) in [6.45, 7) is -0.779. The van der Waals surface area contributed by atoms with Gasteiger partial charge in [0.1, 0.15) is 20.6 Å². The van der Waals surface area contributed by atoms with Crippen molar-refractivity contribution in [1.29, 1.82) is 0 Å². The Morgan fingerprint density at radius 3 is 2.17 bits per heavy atom. The lowest BCUT2D eigenvalue weighted by Gasteiger charge is -2.44. The number of nitrogens with one attached hydrogen (secondary N) is 1. The van der Waals surface area contributed by atoms with Gasteiger partial charge in [0, 0.05) is 24.7 Å². The maximum Gasteiger partial charge on any atom is 0.391 e. The Morgan fingerprint density at radius 1 is 0.972 bits per heavy atom. The zero-order valence-electron chi connectivity index (χ0n) is 19.0. The first kappa shape index (κ1) is 27.4. The highest BCUT2D eigenvalue weighted by atomic mass is 32.2. The van der Waals surface area contributed by atoms with Crippen LogP contribution in [0, 0.1) is 17.6 Å². The van der Waals surface area contributed by atoms with E-state index in [-0.39, 0.29) is 48.5 Å². The highest BCUT2D eigenvalue weighted by Gasteiger charge is 2.53. The van der Waals surface area contributed by atoms with Crippen LogP contribution in [0.2, 0.25) is 0 Å². The fraction of sp³-hybridized carbons (Fsp3) is 0.545. The smallest absolute Gasteiger partial charge is 0.211 e. The quantitative estimate of drug-likeness (QED) is 0.507. The first-order valence-corrected chi connectivity index (χ1v) is 15.1. The first-order chi connectivity index (χ1) is 16.8. The van der Waals surface area contributed by atoms with Crippen LogP contribution in [0.15, 0.2) is 39.9 Å². The van der Waals surface area contributed by atoms with E-state index in [1.54, 1.807) is 11.4 Å². The maximum absolute atomic E-state index is 15.0. The van der Waals surface area contributed by atoms with Crippen LogP contribution in [-0.4, -0.2) is 46.4 Å². The molecule has 200 valence electrons. The van der Waals surface area contributed by atoms with Crippen molar-refractivity contribution in [2.75, 3.05) is 13.1 Å². The van der Waals surface area contributed by atoms with Gasteiger partial charge in [0.25, 0.3) is 0 Å². The Hall–Kier alpha value is -1.61. The molecule has 1 aliphatic heterocycles. The third-order valence-corrected chi connectivity index (χ3v) is 12.6. The number of piperidine rings is 1. The molecule has 1 saturated carbocycles. The number of hydrogen-bond acceptors (Lipinski definition) is 5. The van der Waals surface area contributed by atoms with Gasteiger partial charge >= 0.3 is 6.18 Å². The summed E-state index contributed by atoms with van der Waals surface area (Å²) in [7, 11) is -8.28. The molecule has 14 heteroatoms. The van der Waals surface area contributed by atoms with Crippen LogP contribution in [0.25, 0.3) is 0 Å². The van der Waals surface area contributed by atoms with Gasteiger partial charge in [-0.3, -0.25) is 0 Å². The summed E-state index contributed by atoms with van der Waals surface area (Å²) < 4.78 is 123. The van der Waals surface area contributed by atoms with Crippen molar-refractivity contribution >= 4 is 31.4 Å². The van der Waals surface area contributed by atoms with E-state index >= 15 is 0 Å². The highest BCUT2D eigenvalue weighted by molar-refractivity contribution is 7.91. The second-order valence-electron chi connectivity index (χ2n) is 9.17.